The molecule has 0 aromatic carbocycles. The van der Waals surface area contributed by atoms with Gasteiger partial charge in [-0.15, -0.1) is 0 Å². The van der Waals surface area contributed by atoms with E-state index in [9.17, 15) is 0 Å². The first-order valence-electron chi connectivity index (χ1n) is 8.35. The monoisotopic (exact) mass is 268 g/mol. The van der Waals surface area contributed by atoms with Crippen molar-refractivity contribution in [1.29, 1.82) is 0 Å². The fraction of sp³-hybridized carbons (Fsp3) is 0.889. The molecule has 0 atom stereocenters. The van der Waals surface area contributed by atoms with Gasteiger partial charge in [-0.1, -0.05) is 91.6 Å². The molecule has 0 aliphatic rings. The minimum absolute atomic E-state index is 0.300. The molecule has 0 amide bonds. The topological polar surface area (TPSA) is 9.23 Å². The number of hydrogen-bond acceptors (Lipinski definition) is 1. The summed E-state index contributed by atoms with van der Waals surface area (Å²) in [4.78, 5) is 0. The lowest BCUT2D eigenvalue weighted by Crippen LogP contribution is -2.17. The molecule has 0 fully saturated rings. The van der Waals surface area contributed by atoms with Gasteiger partial charge in [0.15, 0.2) is 0 Å². The second-order valence-corrected chi connectivity index (χ2v) is 6.57. The van der Waals surface area contributed by atoms with Crippen molar-refractivity contribution >= 4 is 0 Å². The smallest absolute Gasteiger partial charge is 0.0923 e. The van der Waals surface area contributed by atoms with Crippen molar-refractivity contribution in [3.05, 3.63) is 12.8 Å². The Morgan fingerprint density at radius 1 is 0.842 bits per heavy atom. The maximum absolute atomic E-state index is 5.30. The van der Waals surface area contributed by atoms with Crippen molar-refractivity contribution in [2.45, 2.75) is 91.4 Å². The summed E-state index contributed by atoms with van der Waals surface area (Å²) in [7, 11) is 0. The Bertz CT molecular complexity index is 196. The summed E-state index contributed by atoms with van der Waals surface area (Å²) in [5, 5.41) is 0. The van der Waals surface area contributed by atoms with Gasteiger partial charge in [0, 0.05) is 0 Å². The third kappa shape index (κ3) is 13.8. The predicted molar refractivity (Wildman–Crippen MR) is 86.4 cm³/mol. The molecule has 0 N–H and O–H groups in total. The summed E-state index contributed by atoms with van der Waals surface area (Å²) in [6.07, 6.45) is 16.9. The van der Waals surface area contributed by atoms with E-state index in [0.717, 1.165) is 6.61 Å². The third-order valence-electron chi connectivity index (χ3n) is 3.80. The summed E-state index contributed by atoms with van der Waals surface area (Å²) in [5.74, 6) is 0. The van der Waals surface area contributed by atoms with Crippen LogP contribution >= 0.6 is 0 Å². The zero-order valence-corrected chi connectivity index (χ0v) is 13.7. The minimum Gasteiger partial charge on any atom is -0.501 e. The van der Waals surface area contributed by atoms with E-state index in [0.29, 0.717) is 5.41 Å². The first kappa shape index (κ1) is 18.5. The lowest BCUT2D eigenvalue weighted by molar-refractivity contribution is 0.127. The average Bonchev–Trinajstić information content (AvgIpc) is 2.38. The molecule has 0 aliphatic heterocycles. The van der Waals surface area contributed by atoms with Gasteiger partial charge in [0.05, 0.1) is 12.9 Å². The molecule has 0 rings (SSSR count). The highest BCUT2D eigenvalue weighted by atomic mass is 16.5. The van der Waals surface area contributed by atoms with Gasteiger partial charge in [-0.05, 0) is 11.8 Å². The van der Waals surface area contributed by atoms with Gasteiger partial charge in [0.2, 0.25) is 0 Å². The molecule has 0 aromatic rings. The van der Waals surface area contributed by atoms with Gasteiger partial charge in [0.25, 0.3) is 0 Å². The van der Waals surface area contributed by atoms with Gasteiger partial charge >= 0.3 is 0 Å². The Morgan fingerprint density at radius 2 is 1.32 bits per heavy atom. The van der Waals surface area contributed by atoms with Crippen LogP contribution in [0.15, 0.2) is 12.8 Å². The van der Waals surface area contributed by atoms with E-state index < -0.39 is 0 Å². The maximum atomic E-state index is 5.30. The van der Waals surface area contributed by atoms with Gasteiger partial charge < -0.3 is 4.74 Å². The van der Waals surface area contributed by atoms with Crippen LogP contribution in [0.5, 0.6) is 0 Å². The molecule has 0 radical (unpaired) electrons. The summed E-state index contributed by atoms with van der Waals surface area (Å²) in [6, 6.07) is 0. The highest BCUT2D eigenvalue weighted by Crippen LogP contribution is 2.24. The number of hydrogen-bond donors (Lipinski definition) is 0. The fourth-order valence-electron chi connectivity index (χ4n) is 2.45. The van der Waals surface area contributed by atoms with Gasteiger partial charge in [-0.2, -0.15) is 0 Å². The first-order valence-corrected chi connectivity index (χ1v) is 8.35. The first-order chi connectivity index (χ1) is 9.12. The zero-order valence-electron chi connectivity index (χ0n) is 13.7. The molecular formula is C18H36O. The highest BCUT2D eigenvalue weighted by molar-refractivity contribution is 4.69. The van der Waals surface area contributed by atoms with Crippen LogP contribution in [-0.4, -0.2) is 6.61 Å². The van der Waals surface area contributed by atoms with Crippen molar-refractivity contribution in [3.63, 3.8) is 0 Å². The molecule has 0 unspecified atom stereocenters. The van der Waals surface area contributed by atoms with E-state index in [1.807, 2.05) is 0 Å². The standard InChI is InChI=1S/C18H36O/c1-5-7-8-9-10-11-12-13-14-15-16-18(3,4)17-19-6-2/h6H,2,5,7-17H2,1,3-4H3. The zero-order chi connectivity index (χ0) is 14.4. The van der Waals surface area contributed by atoms with Crippen LogP contribution in [0.2, 0.25) is 0 Å². The molecule has 0 spiro atoms. The minimum atomic E-state index is 0.300. The molecule has 1 nitrogen and oxygen atoms in total. The van der Waals surface area contributed by atoms with E-state index in [4.69, 9.17) is 4.74 Å². The molecule has 114 valence electrons. The average molecular weight is 268 g/mol. The number of rotatable bonds is 14. The van der Waals surface area contributed by atoms with E-state index in [-0.39, 0.29) is 0 Å². The van der Waals surface area contributed by atoms with Crippen molar-refractivity contribution in [2.24, 2.45) is 5.41 Å². The molecule has 0 saturated carbocycles. The lowest BCUT2D eigenvalue weighted by atomic mass is 9.87. The van der Waals surface area contributed by atoms with Crippen molar-refractivity contribution < 1.29 is 4.74 Å². The summed E-state index contributed by atoms with van der Waals surface area (Å²) in [5.41, 5.74) is 0.300. The van der Waals surface area contributed by atoms with Crippen LogP contribution in [0, 0.1) is 5.41 Å². The van der Waals surface area contributed by atoms with Crippen LogP contribution in [0.1, 0.15) is 91.4 Å². The quantitative estimate of drug-likeness (QED) is 0.258. The van der Waals surface area contributed by atoms with E-state index >= 15 is 0 Å². The number of unbranched alkanes of at least 4 members (excludes halogenated alkanes) is 9. The van der Waals surface area contributed by atoms with Gasteiger partial charge in [-0.3, -0.25) is 0 Å². The van der Waals surface area contributed by atoms with Crippen LogP contribution in [0.3, 0.4) is 0 Å². The van der Waals surface area contributed by atoms with Crippen LogP contribution in [0.25, 0.3) is 0 Å². The normalized spacial score (nSPS) is 11.5. The van der Waals surface area contributed by atoms with Gasteiger partial charge in [0.1, 0.15) is 0 Å². The van der Waals surface area contributed by atoms with Crippen LogP contribution in [0.4, 0.5) is 0 Å². The van der Waals surface area contributed by atoms with Gasteiger partial charge in [-0.25, -0.2) is 0 Å². The molecular weight excluding hydrogens is 232 g/mol. The number of ether oxygens (including phenoxy) is 1. The Hall–Kier alpha value is -0.460. The largest absolute Gasteiger partial charge is 0.501 e. The molecule has 0 heterocycles. The van der Waals surface area contributed by atoms with E-state index in [2.05, 4.69) is 27.4 Å². The Labute approximate surface area is 121 Å². The molecule has 0 saturated heterocycles. The summed E-state index contributed by atoms with van der Waals surface area (Å²) >= 11 is 0. The second-order valence-electron chi connectivity index (χ2n) is 6.57. The van der Waals surface area contributed by atoms with Crippen molar-refractivity contribution in [1.82, 2.24) is 0 Å². The fourth-order valence-corrected chi connectivity index (χ4v) is 2.45. The van der Waals surface area contributed by atoms with Crippen LogP contribution in [-0.2, 0) is 4.74 Å². The third-order valence-corrected chi connectivity index (χ3v) is 3.80. The Kier molecular flexibility index (Phi) is 12.3. The summed E-state index contributed by atoms with van der Waals surface area (Å²) in [6.45, 7) is 11.2. The molecule has 19 heavy (non-hydrogen) atoms. The molecule has 1 heteroatoms. The second kappa shape index (κ2) is 12.6. The molecule has 0 bridgehead atoms. The van der Waals surface area contributed by atoms with Crippen molar-refractivity contribution in [3.8, 4) is 0 Å². The highest BCUT2D eigenvalue weighted by Gasteiger charge is 2.17. The predicted octanol–water partition coefficient (Wildman–Crippen LogP) is 6.48. The van der Waals surface area contributed by atoms with E-state index in [1.54, 1.807) is 6.26 Å². The molecule has 0 aromatic heterocycles. The Balaban J connectivity index is 3.23. The maximum Gasteiger partial charge on any atom is 0.0923 e. The van der Waals surface area contributed by atoms with E-state index in [1.165, 1.54) is 70.6 Å². The Morgan fingerprint density at radius 3 is 1.79 bits per heavy atom. The van der Waals surface area contributed by atoms with Crippen molar-refractivity contribution in [2.75, 3.05) is 6.61 Å². The SMILES string of the molecule is C=COCC(C)(C)CCCCCCCCCCCC. The molecule has 0 aliphatic carbocycles. The summed E-state index contributed by atoms with van der Waals surface area (Å²) < 4.78 is 5.30. The lowest BCUT2D eigenvalue weighted by Gasteiger charge is -2.23. The van der Waals surface area contributed by atoms with Crippen LogP contribution < -0.4 is 0 Å².